The van der Waals surface area contributed by atoms with E-state index in [0.29, 0.717) is 6.42 Å². The lowest BCUT2D eigenvalue weighted by molar-refractivity contribution is 0.506. The van der Waals surface area contributed by atoms with Crippen molar-refractivity contribution >= 4 is 20.9 Å². The first kappa shape index (κ1) is 20.1. The molecule has 0 aliphatic heterocycles. The van der Waals surface area contributed by atoms with Crippen molar-refractivity contribution in [2.45, 2.75) is 29.2 Å². The Morgan fingerprint density at radius 3 is 2.69 bits per heavy atom. The van der Waals surface area contributed by atoms with E-state index in [1.165, 1.54) is 12.5 Å². The third-order valence-electron chi connectivity index (χ3n) is 5.42. The number of hydrogen-bond donors (Lipinski definition) is 1. The monoisotopic (exact) mass is 444 g/mol. The van der Waals surface area contributed by atoms with Crippen LogP contribution in [0.1, 0.15) is 24.9 Å². The van der Waals surface area contributed by atoms with Gasteiger partial charge in [0.2, 0.25) is 9.84 Å². The minimum absolute atomic E-state index is 0.164. The van der Waals surface area contributed by atoms with Crippen molar-refractivity contribution in [2.24, 2.45) is 0 Å². The fourth-order valence-corrected chi connectivity index (χ4v) is 5.09. The van der Waals surface area contributed by atoms with E-state index in [0.717, 1.165) is 27.9 Å². The molecule has 4 aromatic heterocycles. The number of pyridine rings is 1. The fourth-order valence-electron chi connectivity index (χ4n) is 3.81. The Balaban J connectivity index is 1.52. The van der Waals surface area contributed by atoms with E-state index in [1.807, 2.05) is 30.1 Å². The van der Waals surface area contributed by atoms with Crippen molar-refractivity contribution in [2.75, 3.05) is 0 Å². The normalized spacial score (nSPS) is 12.8. The number of sulfone groups is 1. The van der Waals surface area contributed by atoms with Crippen LogP contribution in [-0.4, -0.2) is 38.1 Å². The molecular weight excluding hydrogens is 424 g/mol. The standard InChI is InChI=1S/C23H20N6O2S/c1-2-21(16-10-19(13-24-11-16)32(30,31)18-6-4-3-5-7-18)29-14-17(12-28-29)22-20-8-9-25-23(20)27-15-26-22/h3-15,21H,2H2,1H3,(H,25,26,27). The third-order valence-corrected chi connectivity index (χ3v) is 7.15. The number of benzene rings is 1. The first-order valence-corrected chi connectivity index (χ1v) is 11.6. The van der Waals surface area contributed by atoms with Gasteiger partial charge in [0.15, 0.2) is 0 Å². The van der Waals surface area contributed by atoms with E-state index >= 15 is 0 Å². The zero-order valence-electron chi connectivity index (χ0n) is 17.3. The Kier molecular flexibility index (Phi) is 5.02. The summed E-state index contributed by atoms with van der Waals surface area (Å²) in [5.74, 6) is 0. The molecule has 160 valence electrons. The van der Waals surface area contributed by atoms with Crippen LogP contribution in [0.2, 0.25) is 0 Å². The SMILES string of the molecule is CCC(c1cncc(S(=O)(=O)c2ccccc2)c1)n1cc(-c2ncnc3[nH]ccc23)cn1. The Bertz CT molecular complexity index is 1490. The highest BCUT2D eigenvalue weighted by atomic mass is 32.2. The van der Waals surface area contributed by atoms with E-state index < -0.39 is 9.84 Å². The highest BCUT2D eigenvalue weighted by Gasteiger charge is 2.21. The van der Waals surface area contributed by atoms with Crippen LogP contribution < -0.4 is 0 Å². The number of aromatic nitrogens is 6. The van der Waals surface area contributed by atoms with Gasteiger partial charge in [-0.05, 0) is 36.2 Å². The zero-order valence-corrected chi connectivity index (χ0v) is 18.1. The number of nitrogens with one attached hydrogen (secondary N) is 1. The predicted octanol–water partition coefficient (Wildman–Crippen LogP) is 4.05. The Morgan fingerprint density at radius 1 is 1.03 bits per heavy atom. The van der Waals surface area contributed by atoms with Crippen LogP contribution in [0.3, 0.4) is 0 Å². The quantitative estimate of drug-likeness (QED) is 0.423. The number of nitrogens with zero attached hydrogens (tertiary/aromatic N) is 5. The minimum Gasteiger partial charge on any atom is -0.346 e. The number of aromatic amines is 1. The Morgan fingerprint density at radius 2 is 1.88 bits per heavy atom. The maximum atomic E-state index is 13.0. The summed E-state index contributed by atoms with van der Waals surface area (Å²) in [4.78, 5) is 16.4. The van der Waals surface area contributed by atoms with E-state index in [4.69, 9.17) is 0 Å². The molecule has 0 aliphatic carbocycles. The van der Waals surface area contributed by atoms with Crippen LogP contribution in [0, 0.1) is 0 Å². The van der Waals surface area contributed by atoms with Crippen LogP contribution in [0.4, 0.5) is 0 Å². The molecule has 1 atom stereocenters. The summed E-state index contributed by atoms with van der Waals surface area (Å²) < 4.78 is 27.9. The summed E-state index contributed by atoms with van der Waals surface area (Å²) >= 11 is 0. The molecule has 9 heteroatoms. The molecule has 8 nitrogen and oxygen atoms in total. The maximum absolute atomic E-state index is 13.0. The van der Waals surface area contributed by atoms with Crippen LogP contribution in [0.5, 0.6) is 0 Å². The van der Waals surface area contributed by atoms with Gasteiger partial charge in [0, 0.05) is 35.7 Å². The summed E-state index contributed by atoms with van der Waals surface area (Å²) in [5.41, 5.74) is 3.18. The lowest BCUT2D eigenvalue weighted by atomic mass is 10.1. The second-order valence-corrected chi connectivity index (χ2v) is 9.32. The molecule has 0 bridgehead atoms. The molecule has 1 aromatic carbocycles. The van der Waals surface area contributed by atoms with Gasteiger partial charge < -0.3 is 4.98 Å². The van der Waals surface area contributed by atoms with Crippen molar-refractivity contribution in [3.8, 4) is 11.3 Å². The molecule has 0 amide bonds. The van der Waals surface area contributed by atoms with Crippen LogP contribution in [0.15, 0.2) is 89.6 Å². The first-order chi connectivity index (χ1) is 15.6. The van der Waals surface area contributed by atoms with E-state index in [9.17, 15) is 8.42 Å². The smallest absolute Gasteiger partial charge is 0.208 e. The topological polar surface area (TPSA) is 106 Å². The largest absolute Gasteiger partial charge is 0.346 e. The maximum Gasteiger partial charge on any atom is 0.208 e. The van der Waals surface area contributed by atoms with Gasteiger partial charge in [0.25, 0.3) is 0 Å². The summed E-state index contributed by atoms with van der Waals surface area (Å²) in [6.45, 7) is 2.03. The van der Waals surface area contributed by atoms with Gasteiger partial charge in [0.1, 0.15) is 12.0 Å². The molecule has 4 heterocycles. The lowest BCUT2D eigenvalue weighted by Gasteiger charge is -2.16. The van der Waals surface area contributed by atoms with Gasteiger partial charge in [-0.3, -0.25) is 9.67 Å². The van der Waals surface area contributed by atoms with Gasteiger partial charge in [-0.25, -0.2) is 18.4 Å². The average molecular weight is 445 g/mol. The second kappa shape index (κ2) is 8.01. The molecule has 0 saturated heterocycles. The van der Waals surface area contributed by atoms with Crippen LogP contribution in [-0.2, 0) is 9.84 Å². The second-order valence-electron chi connectivity index (χ2n) is 7.37. The molecule has 1 unspecified atom stereocenters. The highest BCUT2D eigenvalue weighted by molar-refractivity contribution is 7.91. The summed E-state index contributed by atoms with van der Waals surface area (Å²) in [7, 11) is -3.65. The summed E-state index contributed by atoms with van der Waals surface area (Å²) in [5, 5.41) is 5.46. The Labute approximate surface area is 184 Å². The van der Waals surface area contributed by atoms with Crippen molar-refractivity contribution in [3.05, 3.63) is 85.3 Å². The highest BCUT2D eigenvalue weighted by Crippen LogP contribution is 2.29. The molecular formula is C23H20N6O2S. The van der Waals surface area contributed by atoms with Crippen molar-refractivity contribution < 1.29 is 8.42 Å². The van der Waals surface area contributed by atoms with E-state index in [-0.39, 0.29) is 15.8 Å². The molecule has 0 saturated carbocycles. The molecule has 0 aliphatic rings. The fraction of sp³-hybridized carbons (Fsp3) is 0.130. The Hall–Kier alpha value is -3.85. The van der Waals surface area contributed by atoms with Crippen molar-refractivity contribution in [1.29, 1.82) is 0 Å². The minimum atomic E-state index is -3.65. The van der Waals surface area contributed by atoms with Crippen LogP contribution in [0.25, 0.3) is 22.3 Å². The number of H-pyrrole nitrogens is 1. The van der Waals surface area contributed by atoms with Crippen molar-refractivity contribution in [3.63, 3.8) is 0 Å². The summed E-state index contributed by atoms with van der Waals surface area (Å²) in [6.07, 6.45) is 10.8. The predicted molar refractivity (Wildman–Crippen MR) is 120 cm³/mol. The van der Waals surface area contributed by atoms with Crippen molar-refractivity contribution in [1.82, 2.24) is 29.7 Å². The summed E-state index contributed by atoms with van der Waals surface area (Å²) in [6, 6.07) is 11.8. The van der Waals surface area contributed by atoms with Crippen LogP contribution >= 0.6 is 0 Å². The van der Waals surface area contributed by atoms with E-state index in [2.05, 4.69) is 25.0 Å². The molecule has 5 rings (SSSR count). The van der Waals surface area contributed by atoms with Gasteiger partial charge in [-0.2, -0.15) is 5.10 Å². The third kappa shape index (κ3) is 3.46. The molecule has 1 N–H and O–H groups in total. The van der Waals surface area contributed by atoms with E-state index in [1.54, 1.807) is 48.8 Å². The number of fused-ring (bicyclic) bond motifs is 1. The van der Waals surface area contributed by atoms with Gasteiger partial charge in [0.05, 0.1) is 27.7 Å². The zero-order chi connectivity index (χ0) is 22.1. The van der Waals surface area contributed by atoms with Gasteiger partial charge in [-0.15, -0.1) is 0 Å². The lowest BCUT2D eigenvalue weighted by Crippen LogP contribution is -2.12. The number of rotatable bonds is 6. The first-order valence-electron chi connectivity index (χ1n) is 10.2. The molecule has 32 heavy (non-hydrogen) atoms. The molecule has 0 fully saturated rings. The molecule has 0 radical (unpaired) electrons. The van der Waals surface area contributed by atoms with Gasteiger partial charge >= 0.3 is 0 Å². The molecule has 5 aromatic rings. The number of hydrogen-bond acceptors (Lipinski definition) is 6. The van der Waals surface area contributed by atoms with Gasteiger partial charge in [-0.1, -0.05) is 25.1 Å². The average Bonchev–Trinajstić information content (AvgIpc) is 3.50. The molecule has 0 spiro atoms.